The van der Waals surface area contributed by atoms with E-state index in [2.05, 4.69) is 5.32 Å². The number of alkyl halides is 1. The number of methoxy groups -OCH3 is 2. The normalized spacial score (nSPS) is 11.8. The number of benzene rings is 1. The van der Waals surface area contributed by atoms with Crippen LogP contribution in [0.2, 0.25) is 0 Å². The largest absolute Gasteiger partial charge is 0.493 e. The van der Waals surface area contributed by atoms with E-state index in [1.54, 1.807) is 39.3 Å². The number of halogens is 1. The van der Waals surface area contributed by atoms with Gasteiger partial charge in [-0.25, -0.2) is 0 Å². The van der Waals surface area contributed by atoms with E-state index in [-0.39, 0.29) is 17.7 Å². The fourth-order valence-electron chi connectivity index (χ4n) is 1.38. The van der Waals surface area contributed by atoms with Gasteiger partial charge in [0.1, 0.15) is 0 Å². The summed E-state index contributed by atoms with van der Waals surface area (Å²) in [5, 5.41) is 2.56. The van der Waals surface area contributed by atoms with E-state index in [0.717, 1.165) is 0 Å². The van der Waals surface area contributed by atoms with Crippen molar-refractivity contribution in [1.29, 1.82) is 0 Å². The second-order valence-corrected chi connectivity index (χ2v) is 4.35. The third kappa shape index (κ3) is 4.15. The minimum Gasteiger partial charge on any atom is -0.493 e. The van der Waals surface area contributed by atoms with Gasteiger partial charge in [0.25, 0.3) is 0 Å². The molecule has 1 N–H and O–H groups in total. The summed E-state index contributed by atoms with van der Waals surface area (Å²) >= 11 is 5.74. The van der Waals surface area contributed by atoms with Crippen LogP contribution in [0.25, 0.3) is 0 Å². The Labute approximate surface area is 106 Å². The van der Waals surface area contributed by atoms with Crippen molar-refractivity contribution in [1.82, 2.24) is 0 Å². The Kier molecular flexibility index (Phi) is 5.10. The van der Waals surface area contributed by atoms with E-state index in [9.17, 15) is 4.79 Å². The minimum atomic E-state index is -0.185. The summed E-state index contributed by atoms with van der Waals surface area (Å²) in [4.78, 5) is 11.5. The second-order valence-electron chi connectivity index (χ2n) is 3.60. The molecule has 1 aromatic carbocycles. The lowest BCUT2D eigenvalue weighted by Gasteiger charge is -2.10. The first-order chi connectivity index (χ1) is 8.06. The molecule has 0 aliphatic rings. The van der Waals surface area contributed by atoms with Crippen LogP contribution >= 0.6 is 11.6 Å². The van der Waals surface area contributed by atoms with Gasteiger partial charge < -0.3 is 14.8 Å². The molecule has 17 heavy (non-hydrogen) atoms. The van der Waals surface area contributed by atoms with Crippen LogP contribution < -0.4 is 14.8 Å². The van der Waals surface area contributed by atoms with Crippen molar-refractivity contribution in [2.45, 2.75) is 18.7 Å². The quantitative estimate of drug-likeness (QED) is 0.825. The molecule has 1 rings (SSSR count). The highest BCUT2D eigenvalue weighted by Gasteiger charge is 2.09. The topological polar surface area (TPSA) is 47.6 Å². The monoisotopic (exact) mass is 257 g/mol. The van der Waals surface area contributed by atoms with Gasteiger partial charge in [-0.2, -0.15) is 0 Å². The maximum Gasteiger partial charge on any atom is 0.225 e. The van der Waals surface area contributed by atoms with Gasteiger partial charge in [0.15, 0.2) is 11.5 Å². The van der Waals surface area contributed by atoms with Gasteiger partial charge in [-0.1, -0.05) is 0 Å². The molecule has 1 atom stereocenters. The van der Waals surface area contributed by atoms with Crippen molar-refractivity contribution < 1.29 is 14.3 Å². The highest BCUT2D eigenvalue weighted by Crippen LogP contribution is 2.29. The molecule has 94 valence electrons. The Morgan fingerprint density at radius 1 is 1.35 bits per heavy atom. The zero-order valence-corrected chi connectivity index (χ0v) is 10.9. The summed E-state index contributed by atoms with van der Waals surface area (Å²) in [6.45, 7) is 1.77. The van der Waals surface area contributed by atoms with Gasteiger partial charge in [-0.3, -0.25) is 4.79 Å². The van der Waals surface area contributed by atoms with Crippen LogP contribution in [-0.4, -0.2) is 25.5 Å². The highest BCUT2D eigenvalue weighted by molar-refractivity contribution is 6.21. The number of ether oxygens (including phenoxy) is 2. The Balaban J connectivity index is 2.75. The molecule has 0 aromatic heterocycles. The number of rotatable bonds is 5. The molecule has 0 bridgehead atoms. The number of amides is 1. The van der Waals surface area contributed by atoms with Gasteiger partial charge >= 0.3 is 0 Å². The summed E-state index contributed by atoms with van der Waals surface area (Å²) in [5.74, 6) is 1.07. The number of carbonyl (C=O) groups is 1. The fourth-order valence-corrected chi connectivity index (χ4v) is 1.52. The van der Waals surface area contributed by atoms with Crippen LogP contribution in [0, 0.1) is 0 Å². The first kappa shape index (κ1) is 13.6. The maximum absolute atomic E-state index is 11.5. The predicted octanol–water partition coefficient (Wildman–Crippen LogP) is 2.66. The van der Waals surface area contributed by atoms with Crippen LogP contribution in [0.1, 0.15) is 13.3 Å². The molecule has 0 fully saturated rings. The number of hydrogen-bond donors (Lipinski definition) is 1. The maximum atomic E-state index is 11.5. The lowest BCUT2D eigenvalue weighted by Crippen LogP contribution is -2.15. The zero-order chi connectivity index (χ0) is 12.8. The molecular weight excluding hydrogens is 242 g/mol. The molecule has 0 aliphatic carbocycles. The first-order valence-corrected chi connectivity index (χ1v) is 5.66. The third-order valence-corrected chi connectivity index (χ3v) is 2.29. The van der Waals surface area contributed by atoms with Gasteiger partial charge in [0.05, 0.1) is 14.2 Å². The van der Waals surface area contributed by atoms with Crippen LogP contribution in [0.5, 0.6) is 11.5 Å². The SMILES string of the molecule is COc1ccc(NC(=O)CC(C)Cl)cc1OC. The molecule has 1 amide bonds. The standard InChI is InChI=1S/C12H16ClNO3/c1-8(13)6-12(15)14-9-4-5-10(16-2)11(7-9)17-3/h4-5,7-8H,6H2,1-3H3,(H,14,15). The summed E-state index contributed by atoms with van der Waals surface area (Å²) in [6.07, 6.45) is 0.274. The van der Waals surface area contributed by atoms with E-state index in [4.69, 9.17) is 21.1 Å². The van der Waals surface area contributed by atoms with Crippen molar-refractivity contribution >= 4 is 23.2 Å². The van der Waals surface area contributed by atoms with Gasteiger partial charge in [-0.15, -0.1) is 11.6 Å². The summed E-state index contributed by atoms with van der Waals surface area (Å²) < 4.78 is 10.2. The first-order valence-electron chi connectivity index (χ1n) is 5.22. The Bertz CT molecular complexity index is 393. The lowest BCUT2D eigenvalue weighted by atomic mass is 10.2. The van der Waals surface area contributed by atoms with Gasteiger partial charge in [0, 0.05) is 23.6 Å². The van der Waals surface area contributed by atoms with Crippen molar-refractivity contribution in [2.75, 3.05) is 19.5 Å². The molecule has 0 aliphatic heterocycles. The van der Waals surface area contributed by atoms with Crippen molar-refractivity contribution in [3.8, 4) is 11.5 Å². The summed E-state index contributed by atoms with van der Waals surface area (Å²) in [5.41, 5.74) is 0.657. The van der Waals surface area contributed by atoms with Crippen molar-refractivity contribution in [2.24, 2.45) is 0 Å². The molecule has 1 aromatic rings. The van der Waals surface area contributed by atoms with Crippen molar-refractivity contribution in [3.63, 3.8) is 0 Å². The van der Waals surface area contributed by atoms with E-state index in [1.807, 2.05) is 0 Å². The van der Waals surface area contributed by atoms with Crippen molar-refractivity contribution in [3.05, 3.63) is 18.2 Å². The Morgan fingerprint density at radius 2 is 2.00 bits per heavy atom. The average Bonchev–Trinajstić information content (AvgIpc) is 2.27. The third-order valence-electron chi connectivity index (χ3n) is 2.13. The number of carbonyl (C=O) groups excluding carboxylic acids is 1. The predicted molar refractivity (Wildman–Crippen MR) is 68.1 cm³/mol. The van der Waals surface area contributed by atoms with E-state index < -0.39 is 0 Å². The van der Waals surface area contributed by atoms with E-state index in [1.165, 1.54) is 0 Å². The molecule has 0 heterocycles. The van der Waals surface area contributed by atoms with Crippen LogP contribution in [0.4, 0.5) is 5.69 Å². The van der Waals surface area contributed by atoms with Gasteiger partial charge in [0.2, 0.25) is 5.91 Å². The zero-order valence-electron chi connectivity index (χ0n) is 10.1. The number of hydrogen-bond acceptors (Lipinski definition) is 3. The molecule has 1 unspecified atom stereocenters. The summed E-state index contributed by atoms with van der Waals surface area (Å²) in [6, 6.07) is 5.19. The fraction of sp³-hybridized carbons (Fsp3) is 0.417. The van der Waals surface area contributed by atoms with Crippen LogP contribution in [0.15, 0.2) is 18.2 Å². The lowest BCUT2D eigenvalue weighted by molar-refractivity contribution is -0.116. The van der Waals surface area contributed by atoms with Crippen LogP contribution in [-0.2, 0) is 4.79 Å². The molecule has 0 saturated heterocycles. The minimum absolute atomic E-state index is 0.125. The Hall–Kier alpha value is -1.42. The highest BCUT2D eigenvalue weighted by atomic mass is 35.5. The molecule has 0 saturated carbocycles. The Morgan fingerprint density at radius 3 is 2.53 bits per heavy atom. The second kappa shape index (κ2) is 6.35. The van der Waals surface area contributed by atoms with Gasteiger partial charge in [-0.05, 0) is 19.1 Å². The molecule has 4 nitrogen and oxygen atoms in total. The smallest absolute Gasteiger partial charge is 0.225 e. The molecule has 0 radical (unpaired) electrons. The average molecular weight is 258 g/mol. The van der Waals surface area contributed by atoms with E-state index >= 15 is 0 Å². The van der Waals surface area contributed by atoms with Crippen LogP contribution in [0.3, 0.4) is 0 Å². The molecule has 0 spiro atoms. The molecular formula is C12H16ClNO3. The number of nitrogens with one attached hydrogen (secondary N) is 1. The summed E-state index contributed by atoms with van der Waals surface area (Å²) in [7, 11) is 3.11. The number of anilines is 1. The molecule has 5 heteroatoms. The van der Waals surface area contributed by atoms with E-state index in [0.29, 0.717) is 17.2 Å².